The first-order valence-electron chi connectivity index (χ1n) is 7.79. The molecule has 0 radical (unpaired) electrons. The Bertz CT molecular complexity index is 311. The number of hydrogen-bond acceptors (Lipinski definition) is 3. The number of rotatable bonds is 2. The van der Waals surface area contributed by atoms with E-state index >= 15 is 0 Å². The highest BCUT2D eigenvalue weighted by molar-refractivity contribution is 5.83. The molecule has 1 amide bonds. The Hall–Kier alpha value is -0.610. The topological polar surface area (TPSA) is 49.6 Å². The van der Waals surface area contributed by atoms with Crippen LogP contribution in [-0.2, 0) is 4.79 Å². The molecule has 1 aliphatic carbocycles. The lowest BCUT2D eigenvalue weighted by Gasteiger charge is -2.43. The highest BCUT2D eigenvalue weighted by Gasteiger charge is 2.42. The molecule has 1 unspecified atom stereocenters. The zero-order valence-electron chi connectivity index (χ0n) is 12.5. The molecule has 0 aromatic heterocycles. The lowest BCUT2D eigenvalue weighted by atomic mass is 9.78. The molecule has 2 fully saturated rings. The van der Waals surface area contributed by atoms with E-state index < -0.39 is 0 Å². The summed E-state index contributed by atoms with van der Waals surface area (Å²) in [4.78, 5) is 17.4. The van der Waals surface area contributed by atoms with Crippen molar-refractivity contribution in [3.63, 3.8) is 0 Å². The Labute approximate surface area is 117 Å². The van der Waals surface area contributed by atoms with Gasteiger partial charge in [-0.15, -0.1) is 0 Å². The summed E-state index contributed by atoms with van der Waals surface area (Å²) >= 11 is 0. The van der Waals surface area contributed by atoms with Crippen molar-refractivity contribution >= 4 is 5.91 Å². The van der Waals surface area contributed by atoms with E-state index in [0.717, 1.165) is 45.3 Å². The van der Waals surface area contributed by atoms with Gasteiger partial charge in [0.15, 0.2) is 0 Å². The summed E-state index contributed by atoms with van der Waals surface area (Å²) in [5.74, 6) is 0.331. The fourth-order valence-electron chi connectivity index (χ4n) is 3.66. The van der Waals surface area contributed by atoms with Crippen LogP contribution in [0, 0.1) is 5.41 Å². The number of nitrogens with zero attached hydrogens (tertiary/aromatic N) is 2. The van der Waals surface area contributed by atoms with Crippen LogP contribution in [0.25, 0.3) is 0 Å². The largest absolute Gasteiger partial charge is 0.337 e. The summed E-state index contributed by atoms with van der Waals surface area (Å²) < 4.78 is 0. The zero-order chi connectivity index (χ0) is 13.9. The second kappa shape index (κ2) is 6.23. The van der Waals surface area contributed by atoms with Crippen molar-refractivity contribution in [2.45, 2.75) is 51.5 Å². The van der Waals surface area contributed by atoms with E-state index in [-0.39, 0.29) is 5.41 Å². The monoisotopic (exact) mass is 267 g/mol. The fourth-order valence-corrected chi connectivity index (χ4v) is 3.66. The first kappa shape index (κ1) is 14.8. The third-order valence-electron chi connectivity index (χ3n) is 5.00. The van der Waals surface area contributed by atoms with E-state index in [1.165, 1.54) is 12.8 Å². The minimum absolute atomic E-state index is 0.263. The molecule has 0 bridgehead atoms. The van der Waals surface area contributed by atoms with Gasteiger partial charge in [0.25, 0.3) is 0 Å². The smallest absolute Gasteiger partial charge is 0.230 e. The van der Waals surface area contributed by atoms with Crippen molar-refractivity contribution in [1.82, 2.24) is 9.80 Å². The molecule has 0 spiro atoms. The van der Waals surface area contributed by atoms with Crippen LogP contribution in [0.1, 0.15) is 45.4 Å². The van der Waals surface area contributed by atoms with Crippen molar-refractivity contribution < 1.29 is 4.79 Å². The van der Waals surface area contributed by atoms with E-state index in [1.807, 2.05) is 0 Å². The molecule has 1 saturated carbocycles. The van der Waals surface area contributed by atoms with Gasteiger partial charge >= 0.3 is 0 Å². The third-order valence-corrected chi connectivity index (χ3v) is 5.00. The van der Waals surface area contributed by atoms with Crippen LogP contribution < -0.4 is 5.73 Å². The lowest BCUT2D eigenvalue weighted by molar-refractivity contribution is -0.147. The molecule has 0 aromatic rings. The summed E-state index contributed by atoms with van der Waals surface area (Å²) in [5.41, 5.74) is 5.77. The number of nitrogens with two attached hydrogens (primary N) is 1. The molecule has 1 atom stereocenters. The molecule has 2 N–H and O–H groups in total. The van der Waals surface area contributed by atoms with Gasteiger partial charge in [-0.25, -0.2) is 0 Å². The van der Waals surface area contributed by atoms with Gasteiger partial charge in [-0.1, -0.05) is 25.7 Å². The Balaban J connectivity index is 2.11. The highest BCUT2D eigenvalue weighted by atomic mass is 16.2. The molecule has 19 heavy (non-hydrogen) atoms. The predicted molar refractivity (Wildman–Crippen MR) is 77.9 cm³/mol. The Morgan fingerprint density at radius 2 is 1.84 bits per heavy atom. The van der Waals surface area contributed by atoms with Crippen molar-refractivity contribution in [2.24, 2.45) is 11.1 Å². The maximum Gasteiger partial charge on any atom is 0.230 e. The molecule has 4 nitrogen and oxygen atoms in total. The average molecular weight is 267 g/mol. The first-order chi connectivity index (χ1) is 9.09. The maximum absolute atomic E-state index is 13.0. The highest BCUT2D eigenvalue weighted by Crippen LogP contribution is 2.36. The average Bonchev–Trinajstić information content (AvgIpc) is 2.64. The number of carbonyl (C=O) groups is 1. The summed E-state index contributed by atoms with van der Waals surface area (Å²) in [6.45, 7) is 5.50. The Morgan fingerprint density at radius 3 is 2.37 bits per heavy atom. The second-order valence-corrected chi connectivity index (χ2v) is 6.51. The predicted octanol–water partition coefficient (Wildman–Crippen LogP) is 1.45. The van der Waals surface area contributed by atoms with Gasteiger partial charge in [-0.3, -0.25) is 4.79 Å². The summed E-state index contributed by atoms with van der Waals surface area (Å²) in [6, 6.07) is 0.318. The van der Waals surface area contributed by atoms with E-state index in [2.05, 4.69) is 23.8 Å². The first-order valence-corrected chi connectivity index (χ1v) is 7.79. The summed E-state index contributed by atoms with van der Waals surface area (Å²) in [5, 5.41) is 0. The van der Waals surface area contributed by atoms with Crippen LogP contribution in [0.15, 0.2) is 0 Å². The minimum Gasteiger partial charge on any atom is -0.337 e. The number of hydrogen-bond donors (Lipinski definition) is 1. The molecule has 110 valence electrons. The van der Waals surface area contributed by atoms with E-state index in [0.29, 0.717) is 18.5 Å². The van der Waals surface area contributed by atoms with Crippen molar-refractivity contribution in [1.29, 1.82) is 0 Å². The number of piperazine rings is 1. The van der Waals surface area contributed by atoms with Crippen molar-refractivity contribution in [3.8, 4) is 0 Å². The number of likely N-dealkylation sites (N-methyl/N-ethyl adjacent to an activating group) is 1. The Morgan fingerprint density at radius 1 is 1.21 bits per heavy atom. The quantitative estimate of drug-likeness (QED) is 0.770. The van der Waals surface area contributed by atoms with E-state index in [4.69, 9.17) is 5.73 Å². The van der Waals surface area contributed by atoms with Crippen LogP contribution in [0.2, 0.25) is 0 Å². The van der Waals surface area contributed by atoms with Gasteiger partial charge in [0.2, 0.25) is 5.91 Å². The molecule has 0 aromatic carbocycles. The fraction of sp³-hybridized carbons (Fsp3) is 0.933. The van der Waals surface area contributed by atoms with Crippen molar-refractivity contribution in [3.05, 3.63) is 0 Å². The zero-order valence-corrected chi connectivity index (χ0v) is 12.5. The normalized spacial score (nSPS) is 29.0. The van der Waals surface area contributed by atoms with Crippen LogP contribution >= 0.6 is 0 Å². The SMILES string of the molecule is CC1CN(C)CCN1C(=O)C1(CN)CCCCCC1. The van der Waals surface area contributed by atoms with Gasteiger partial charge in [-0.2, -0.15) is 0 Å². The van der Waals surface area contributed by atoms with Crippen LogP contribution in [0.5, 0.6) is 0 Å². The van der Waals surface area contributed by atoms with Crippen molar-refractivity contribution in [2.75, 3.05) is 33.2 Å². The molecular weight excluding hydrogens is 238 g/mol. The van der Waals surface area contributed by atoms with Gasteiger partial charge in [0, 0.05) is 32.2 Å². The third kappa shape index (κ3) is 3.11. The molecule has 1 heterocycles. The standard InChI is InChI=1S/C15H29N3O/c1-13-11-17(2)9-10-18(13)14(19)15(12-16)7-5-3-4-6-8-15/h13H,3-12,16H2,1-2H3. The van der Waals surface area contributed by atoms with Gasteiger partial charge in [0.1, 0.15) is 0 Å². The molecule has 1 saturated heterocycles. The summed E-state index contributed by atoms with van der Waals surface area (Å²) in [7, 11) is 2.13. The van der Waals surface area contributed by atoms with Crippen LogP contribution in [0.4, 0.5) is 0 Å². The molecule has 2 rings (SSSR count). The van der Waals surface area contributed by atoms with Gasteiger partial charge in [0.05, 0.1) is 5.41 Å². The molecule has 1 aliphatic heterocycles. The van der Waals surface area contributed by atoms with E-state index in [9.17, 15) is 4.79 Å². The Kier molecular flexibility index (Phi) is 4.85. The minimum atomic E-state index is -0.263. The summed E-state index contributed by atoms with van der Waals surface area (Å²) in [6.07, 6.45) is 6.81. The van der Waals surface area contributed by atoms with Crippen LogP contribution in [0.3, 0.4) is 0 Å². The molecule has 4 heteroatoms. The number of amides is 1. The van der Waals surface area contributed by atoms with Gasteiger partial charge < -0.3 is 15.5 Å². The van der Waals surface area contributed by atoms with Gasteiger partial charge in [-0.05, 0) is 26.8 Å². The second-order valence-electron chi connectivity index (χ2n) is 6.51. The van der Waals surface area contributed by atoms with Crippen LogP contribution in [-0.4, -0.2) is 55.0 Å². The van der Waals surface area contributed by atoms with E-state index in [1.54, 1.807) is 0 Å². The molecular formula is C15H29N3O. The molecule has 2 aliphatic rings. The maximum atomic E-state index is 13.0. The number of carbonyl (C=O) groups excluding carboxylic acids is 1. The lowest BCUT2D eigenvalue weighted by Crippen LogP contribution is -2.58.